The van der Waals surface area contributed by atoms with Gasteiger partial charge in [0.25, 0.3) is 5.91 Å². The Hall–Kier alpha value is -3.48. The van der Waals surface area contributed by atoms with Gasteiger partial charge in [0.15, 0.2) is 11.5 Å². The molecular formula is C24H26F3N5O5. The predicted octanol–water partition coefficient (Wildman–Crippen LogP) is 3.82. The first-order valence-corrected chi connectivity index (χ1v) is 12.1. The zero-order valence-electron chi connectivity index (χ0n) is 20.0. The highest BCUT2D eigenvalue weighted by atomic mass is 19.3. The molecule has 1 saturated carbocycles. The number of hydrogen-bond donors (Lipinski definition) is 3. The smallest absolute Gasteiger partial charge is 0.314 e. The fourth-order valence-corrected chi connectivity index (χ4v) is 5.35. The van der Waals surface area contributed by atoms with Crippen molar-refractivity contribution in [2.24, 2.45) is 5.92 Å². The van der Waals surface area contributed by atoms with Crippen LogP contribution in [0.3, 0.4) is 0 Å². The van der Waals surface area contributed by atoms with Gasteiger partial charge in [-0.2, -0.15) is 0 Å². The number of aromatic nitrogens is 4. The number of carbonyl (C=O) groups is 2. The van der Waals surface area contributed by atoms with E-state index in [0.717, 1.165) is 0 Å². The highest BCUT2D eigenvalue weighted by Gasteiger charge is 2.45. The average molecular weight is 521 g/mol. The number of aliphatic carboxylic acids is 1. The Labute approximate surface area is 208 Å². The maximum atomic E-state index is 15.8. The molecule has 3 heterocycles. The maximum Gasteiger partial charge on any atom is 0.314 e. The number of carboxylic acid groups (broad SMARTS) is 1. The van der Waals surface area contributed by atoms with E-state index in [2.05, 4.69) is 30.2 Å². The summed E-state index contributed by atoms with van der Waals surface area (Å²) in [6, 6.07) is 2.12. The lowest BCUT2D eigenvalue weighted by Crippen LogP contribution is -2.42. The number of benzene rings is 1. The van der Waals surface area contributed by atoms with E-state index in [1.807, 2.05) is 0 Å². The number of imidazole rings is 1. The van der Waals surface area contributed by atoms with Crippen LogP contribution >= 0.6 is 0 Å². The van der Waals surface area contributed by atoms with Crippen molar-refractivity contribution in [3.63, 3.8) is 0 Å². The minimum absolute atomic E-state index is 0.0102. The van der Waals surface area contributed by atoms with Crippen LogP contribution in [0, 0.1) is 18.7 Å². The van der Waals surface area contributed by atoms with Crippen molar-refractivity contribution >= 4 is 22.9 Å². The lowest BCUT2D eigenvalue weighted by Gasteiger charge is -2.33. The minimum Gasteiger partial charge on any atom is -0.481 e. The van der Waals surface area contributed by atoms with E-state index in [1.54, 1.807) is 6.07 Å². The number of H-pyrrole nitrogens is 1. The summed E-state index contributed by atoms with van der Waals surface area (Å²) in [4.78, 5) is 32.6. The second kappa shape index (κ2) is 9.43. The van der Waals surface area contributed by atoms with E-state index in [4.69, 9.17) is 4.74 Å². The molecule has 10 nitrogen and oxygen atoms in total. The number of aryl methyl sites for hydroxylation is 1. The highest BCUT2D eigenvalue weighted by molar-refractivity contribution is 5.93. The molecule has 13 heteroatoms. The number of nitrogens with one attached hydrogen (secondary N) is 2. The number of carbonyl (C=O) groups excluding carboxylic acids is 1. The number of hydrogen-bond acceptors (Lipinski definition) is 7. The van der Waals surface area contributed by atoms with Crippen molar-refractivity contribution in [2.75, 3.05) is 13.2 Å². The largest absolute Gasteiger partial charge is 0.481 e. The van der Waals surface area contributed by atoms with Gasteiger partial charge in [0.2, 0.25) is 5.92 Å². The summed E-state index contributed by atoms with van der Waals surface area (Å²) < 4.78 is 53.5. The second-order valence-electron chi connectivity index (χ2n) is 9.79. The third-order valence-corrected chi connectivity index (χ3v) is 7.56. The van der Waals surface area contributed by atoms with Crippen LogP contribution in [0.1, 0.15) is 72.1 Å². The molecule has 2 aromatic heterocycles. The molecule has 37 heavy (non-hydrogen) atoms. The van der Waals surface area contributed by atoms with Crippen LogP contribution in [-0.4, -0.2) is 56.4 Å². The zero-order chi connectivity index (χ0) is 26.4. The van der Waals surface area contributed by atoms with Gasteiger partial charge in [0.1, 0.15) is 17.0 Å². The monoisotopic (exact) mass is 521 g/mol. The number of carboxylic acids is 1. The highest BCUT2D eigenvalue weighted by Crippen LogP contribution is 2.42. The number of nitrogens with zero attached hydrogens (tertiary/aromatic N) is 3. The van der Waals surface area contributed by atoms with E-state index in [-0.39, 0.29) is 80.0 Å². The summed E-state index contributed by atoms with van der Waals surface area (Å²) in [5, 5.41) is 20.0. The van der Waals surface area contributed by atoms with Gasteiger partial charge in [-0.3, -0.25) is 9.59 Å². The maximum absolute atomic E-state index is 15.8. The molecule has 1 aromatic carbocycles. The van der Waals surface area contributed by atoms with Gasteiger partial charge in [0, 0.05) is 31.6 Å². The van der Waals surface area contributed by atoms with Gasteiger partial charge in [0.05, 0.1) is 17.0 Å². The lowest BCUT2D eigenvalue weighted by atomic mass is 9.74. The van der Waals surface area contributed by atoms with E-state index < -0.39 is 41.0 Å². The molecular weight excluding hydrogens is 495 g/mol. The molecule has 198 valence electrons. The number of alkyl halides is 2. The molecule has 2 aliphatic rings. The molecule has 1 aliphatic heterocycles. The summed E-state index contributed by atoms with van der Waals surface area (Å²) in [5.74, 6) is -5.57. The lowest BCUT2D eigenvalue weighted by molar-refractivity contribution is -0.148. The molecule has 0 spiro atoms. The van der Waals surface area contributed by atoms with Crippen LogP contribution < -0.4 is 5.32 Å². The molecule has 3 N–H and O–H groups in total. The second-order valence-corrected chi connectivity index (χ2v) is 9.79. The Bertz CT molecular complexity index is 1320. The Kier molecular flexibility index (Phi) is 6.42. The van der Waals surface area contributed by atoms with E-state index in [9.17, 15) is 23.5 Å². The standard InChI is InChI=1S/C24H26F3N5O5/c1-12-17(32-37-31-12)21(33)30-18(13-4-6-24(26,27)7-5-13)20-28-15-3-2-14(16(25)19(15)29-20)23(22(34)35)8-10-36-11-9-23/h2-3,13,18H,4-11H2,1H3,(H,28,29)(H,30,33)(H,34,35)/t18-/m0/s1. The van der Waals surface area contributed by atoms with Crippen LogP contribution in [-0.2, 0) is 14.9 Å². The van der Waals surface area contributed by atoms with Crippen LogP contribution in [0.4, 0.5) is 13.2 Å². The minimum atomic E-state index is -2.79. The van der Waals surface area contributed by atoms with Crippen LogP contribution in [0.5, 0.6) is 0 Å². The zero-order valence-corrected chi connectivity index (χ0v) is 20.0. The number of rotatable bonds is 6. The molecule has 1 aliphatic carbocycles. The van der Waals surface area contributed by atoms with Crippen molar-refractivity contribution in [2.45, 2.75) is 62.8 Å². The number of amides is 1. The first kappa shape index (κ1) is 25.2. The summed E-state index contributed by atoms with van der Waals surface area (Å²) >= 11 is 0. The van der Waals surface area contributed by atoms with Gasteiger partial charge in [-0.25, -0.2) is 22.8 Å². The fourth-order valence-electron chi connectivity index (χ4n) is 5.35. The quantitative estimate of drug-likeness (QED) is 0.444. The molecule has 2 fully saturated rings. The topological polar surface area (TPSA) is 143 Å². The van der Waals surface area contributed by atoms with Gasteiger partial charge < -0.3 is 20.1 Å². The third-order valence-electron chi connectivity index (χ3n) is 7.56. The first-order valence-electron chi connectivity index (χ1n) is 12.1. The van der Waals surface area contributed by atoms with Crippen molar-refractivity contribution < 1.29 is 37.2 Å². The van der Waals surface area contributed by atoms with Crippen LogP contribution in [0.2, 0.25) is 0 Å². The predicted molar refractivity (Wildman–Crippen MR) is 122 cm³/mol. The number of fused-ring (bicyclic) bond motifs is 1. The molecule has 5 rings (SSSR count). The SMILES string of the molecule is Cc1nonc1C(=O)N[C@H](c1nc2c(F)c(C3(C(=O)O)CCOCC3)ccc2[nH]1)C1CCC(F)(F)CC1. The normalized spacial score (nSPS) is 20.5. The molecule has 1 amide bonds. The summed E-state index contributed by atoms with van der Waals surface area (Å²) in [5.41, 5.74) is -1.03. The molecule has 1 saturated heterocycles. The van der Waals surface area contributed by atoms with Gasteiger partial charge in [-0.15, -0.1) is 0 Å². The molecule has 1 atom stereocenters. The third kappa shape index (κ3) is 4.56. The Morgan fingerprint density at radius 3 is 2.49 bits per heavy atom. The summed E-state index contributed by atoms with van der Waals surface area (Å²) in [7, 11) is 0. The van der Waals surface area contributed by atoms with Crippen LogP contribution in [0.15, 0.2) is 16.8 Å². The molecule has 0 unspecified atom stereocenters. The molecule has 0 radical (unpaired) electrons. The Balaban J connectivity index is 1.53. The van der Waals surface area contributed by atoms with Crippen molar-refractivity contribution in [3.05, 3.63) is 40.7 Å². The van der Waals surface area contributed by atoms with Crippen molar-refractivity contribution in [1.29, 1.82) is 0 Å². The van der Waals surface area contributed by atoms with Gasteiger partial charge in [-0.05, 0) is 49.7 Å². The number of ether oxygens (including phenoxy) is 1. The van der Waals surface area contributed by atoms with E-state index in [0.29, 0.717) is 5.52 Å². The van der Waals surface area contributed by atoms with Crippen molar-refractivity contribution in [3.8, 4) is 0 Å². The molecule has 0 bridgehead atoms. The first-order chi connectivity index (χ1) is 17.6. The van der Waals surface area contributed by atoms with Crippen molar-refractivity contribution in [1.82, 2.24) is 25.6 Å². The Morgan fingerprint density at radius 2 is 1.86 bits per heavy atom. The summed E-state index contributed by atoms with van der Waals surface area (Å²) in [6.45, 7) is 1.91. The van der Waals surface area contributed by atoms with Gasteiger partial charge >= 0.3 is 5.97 Å². The van der Waals surface area contributed by atoms with Crippen LogP contribution in [0.25, 0.3) is 11.0 Å². The average Bonchev–Trinajstić information content (AvgIpc) is 3.50. The number of aromatic amines is 1. The van der Waals surface area contributed by atoms with Gasteiger partial charge in [-0.1, -0.05) is 11.2 Å². The summed E-state index contributed by atoms with van der Waals surface area (Å²) in [6.07, 6.45) is -0.251. The van der Waals surface area contributed by atoms with E-state index in [1.165, 1.54) is 13.0 Å². The van der Waals surface area contributed by atoms with E-state index >= 15 is 4.39 Å². The molecule has 3 aromatic rings. The number of halogens is 3. The Morgan fingerprint density at radius 1 is 1.16 bits per heavy atom. The fraction of sp³-hybridized carbons (Fsp3) is 0.542.